The first-order chi connectivity index (χ1) is 4.54. The van der Waals surface area contributed by atoms with Crippen LogP contribution in [-0.2, 0) is 9.59 Å². The van der Waals surface area contributed by atoms with Gasteiger partial charge in [0.1, 0.15) is 0 Å². The molecule has 0 aliphatic rings. The highest BCUT2D eigenvalue weighted by Crippen LogP contribution is 1.73. The van der Waals surface area contributed by atoms with Crippen molar-refractivity contribution in [3.63, 3.8) is 0 Å². The topological polar surface area (TPSA) is 92.4 Å². The van der Waals surface area contributed by atoms with Crippen LogP contribution in [0.3, 0.4) is 0 Å². The second-order valence-corrected chi connectivity index (χ2v) is 1.92. The predicted molar refractivity (Wildman–Crippen MR) is 33.9 cm³/mol. The van der Waals surface area contributed by atoms with Crippen LogP contribution in [0.5, 0.6) is 0 Å². The summed E-state index contributed by atoms with van der Waals surface area (Å²) in [5.41, 5.74) is 4.59. The molecular weight excluding hydrogens is 136 g/mol. The van der Waals surface area contributed by atoms with Gasteiger partial charge in [-0.3, -0.25) is 9.59 Å². The maximum atomic E-state index is 10.4. The normalized spacial score (nSPS) is 12.2. The van der Waals surface area contributed by atoms with Crippen LogP contribution in [0, 0.1) is 0 Å². The fourth-order valence-corrected chi connectivity index (χ4v) is 0.328. The van der Waals surface area contributed by atoms with Crippen molar-refractivity contribution in [2.24, 2.45) is 5.73 Å². The molecule has 5 nitrogen and oxygen atoms in total. The average molecular weight is 146 g/mol. The maximum absolute atomic E-state index is 10.4. The number of rotatable bonds is 2. The minimum atomic E-state index is -1.04. The van der Waals surface area contributed by atoms with Gasteiger partial charge in [0.25, 0.3) is 0 Å². The Morgan fingerprint density at radius 1 is 1.70 bits per heavy atom. The Balaban J connectivity index is 3.50. The number of amides is 2. The maximum Gasteiger partial charge on any atom is 0.309 e. The smallest absolute Gasteiger partial charge is 0.309 e. The molecule has 0 bridgehead atoms. The molecule has 0 aliphatic heterocycles. The van der Waals surface area contributed by atoms with Crippen molar-refractivity contribution < 1.29 is 14.7 Å². The molecule has 5 heteroatoms. The largest absolute Gasteiger partial charge is 0.392 e. The molecule has 58 valence electrons. The minimum Gasteiger partial charge on any atom is -0.392 e. The van der Waals surface area contributed by atoms with Crippen molar-refractivity contribution in [2.75, 3.05) is 6.54 Å². The Morgan fingerprint density at radius 3 is 2.50 bits per heavy atom. The van der Waals surface area contributed by atoms with E-state index in [9.17, 15) is 9.59 Å². The van der Waals surface area contributed by atoms with E-state index in [0.29, 0.717) is 0 Å². The van der Waals surface area contributed by atoms with Crippen LogP contribution < -0.4 is 11.1 Å². The van der Waals surface area contributed by atoms with Crippen LogP contribution in [0.4, 0.5) is 0 Å². The van der Waals surface area contributed by atoms with Gasteiger partial charge in [0.05, 0.1) is 6.10 Å². The Morgan fingerprint density at radius 2 is 2.20 bits per heavy atom. The standard InChI is InChI=1S/C5H10N2O3/c1-3(8)2-7-5(10)4(6)9/h3,8H,2H2,1H3,(H2,6,9)(H,7,10)/t3-/m1/s1. The molecule has 0 saturated carbocycles. The van der Waals surface area contributed by atoms with Crippen molar-refractivity contribution in [2.45, 2.75) is 13.0 Å². The first kappa shape index (κ1) is 8.90. The minimum absolute atomic E-state index is 0.0434. The number of primary amides is 1. The van der Waals surface area contributed by atoms with Gasteiger partial charge in [-0.1, -0.05) is 0 Å². The molecule has 1 atom stereocenters. The highest BCUT2D eigenvalue weighted by atomic mass is 16.3. The molecule has 0 aromatic carbocycles. The van der Waals surface area contributed by atoms with Gasteiger partial charge < -0.3 is 16.2 Å². The first-order valence-corrected chi connectivity index (χ1v) is 2.79. The van der Waals surface area contributed by atoms with Gasteiger partial charge in [-0.2, -0.15) is 0 Å². The number of carbonyl (C=O) groups is 2. The predicted octanol–water partition coefficient (Wildman–Crippen LogP) is -2.03. The summed E-state index contributed by atoms with van der Waals surface area (Å²) >= 11 is 0. The molecule has 2 amide bonds. The van der Waals surface area contributed by atoms with E-state index in [-0.39, 0.29) is 6.54 Å². The molecule has 0 aromatic rings. The quantitative estimate of drug-likeness (QED) is 0.392. The van der Waals surface area contributed by atoms with Crippen molar-refractivity contribution >= 4 is 11.8 Å². The van der Waals surface area contributed by atoms with Crippen LogP contribution >= 0.6 is 0 Å². The van der Waals surface area contributed by atoms with Crippen LogP contribution in [0.1, 0.15) is 6.92 Å². The number of aliphatic hydroxyl groups excluding tert-OH is 1. The Hall–Kier alpha value is -1.10. The van der Waals surface area contributed by atoms with E-state index in [0.717, 1.165) is 0 Å². The summed E-state index contributed by atoms with van der Waals surface area (Å²) in [7, 11) is 0. The zero-order valence-corrected chi connectivity index (χ0v) is 5.63. The molecule has 0 unspecified atom stereocenters. The molecule has 0 heterocycles. The monoisotopic (exact) mass is 146 g/mol. The lowest BCUT2D eigenvalue weighted by molar-refractivity contribution is -0.137. The van der Waals surface area contributed by atoms with Gasteiger partial charge in [0.15, 0.2) is 0 Å². The molecule has 0 rings (SSSR count). The van der Waals surface area contributed by atoms with E-state index in [1.54, 1.807) is 0 Å². The van der Waals surface area contributed by atoms with E-state index < -0.39 is 17.9 Å². The Labute approximate surface area is 58.2 Å². The second kappa shape index (κ2) is 3.84. The van der Waals surface area contributed by atoms with Gasteiger partial charge in [-0.15, -0.1) is 0 Å². The second-order valence-electron chi connectivity index (χ2n) is 1.92. The fraction of sp³-hybridized carbons (Fsp3) is 0.600. The van der Waals surface area contributed by atoms with Gasteiger partial charge in [-0.25, -0.2) is 0 Å². The summed E-state index contributed by atoms with van der Waals surface area (Å²) in [6.45, 7) is 1.53. The summed E-state index contributed by atoms with van der Waals surface area (Å²) in [5, 5.41) is 10.7. The van der Waals surface area contributed by atoms with Crippen molar-refractivity contribution in [3.8, 4) is 0 Å². The van der Waals surface area contributed by atoms with E-state index in [1.165, 1.54) is 6.92 Å². The Bertz CT molecular complexity index is 144. The van der Waals surface area contributed by atoms with Crippen molar-refractivity contribution in [1.29, 1.82) is 0 Å². The third kappa shape index (κ3) is 3.85. The van der Waals surface area contributed by atoms with Gasteiger partial charge in [-0.05, 0) is 6.92 Å². The van der Waals surface area contributed by atoms with Gasteiger partial charge >= 0.3 is 11.8 Å². The fourth-order valence-electron chi connectivity index (χ4n) is 0.328. The first-order valence-electron chi connectivity index (χ1n) is 2.79. The number of nitrogens with two attached hydrogens (primary N) is 1. The molecule has 0 radical (unpaired) electrons. The summed E-state index contributed by atoms with van der Waals surface area (Å²) in [4.78, 5) is 20.4. The zero-order valence-electron chi connectivity index (χ0n) is 5.63. The summed E-state index contributed by atoms with van der Waals surface area (Å²) in [6.07, 6.45) is -0.664. The van der Waals surface area contributed by atoms with E-state index in [2.05, 4.69) is 11.1 Å². The lowest BCUT2D eigenvalue weighted by Crippen LogP contribution is -2.39. The zero-order chi connectivity index (χ0) is 8.15. The van der Waals surface area contributed by atoms with E-state index in [4.69, 9.17) is 5.11 Å². The molecule has 0 aliphatic carbocycles. The van der Waals surface area contributed by atoms with Crippen LogP contribution in [-0.4, -0.2) is 29.6 Å². The van der Waals surface area contributed by atoms with Gasteiger partial charge in [0.2, 0.25) is 0 Å². The number of nitrogens with one attached hydrogen (secondary N) is 1. The lowest BCUT2D eigenvalue weighted by Gasteiger charge is -2.03. The van der Waals surface area contributed by atoms with E-state index in [1.807, 2.05) is 0 Å². The molecule has 0 spiro atoms. The summed E-state index contributed by atoms with van der Waals surface area (Å²) < 4.78 is 0. The van der Waals surface area contributed by atoms with Crippen LogP contribution in [0.2, 0.25) is 0 Å². The van der Waals surface area contributed by atoms with Gasteiger partial charge in [0, 0.05) is 6.54 Å². The summed E-state index contributed by atoms with van der Waals surface area (Å²) in [5.74, 6) is -1.92. The Kier molecular flexibility index (Phi) is 3.42. The number of carbonyl (C=O) groups excluding carboxylic acids is 2. The average Bonchev–Trinajstić information content (AvgIpc) is 1.82. The van der Waals surface area contributed by atoms with Crippen molar-refractivity contribution in [3.05, 3.63) is 0 Å². The summed E-state index contributed by atoms with van der Waals surface area (Å²) in [6, 6.07) is 0. The van der Waals surface area contributed by atoms with Crippen LogP contribution in [0.15, 0.2) is 0 Å². The molecule has 0 saturated heterocycles. The SMILES string of the molecule is C[C@@H](O)CNC(=O)C(N)=O. The molecule has 0 fully saturated rings. The highest BCUT2D eigenvalue weighted by molar-refractivity contribution is 6.34. The third-order valence-electron chi connectivity index (χ3n) is 0.782. The van der Waals surface area contributed by atoms with E-state index >= 15 is 0 Å². The number of aliphatic hydroxyl groups is 1. The highest BCUT2D eigenvalue weighted by Gasteiger charge is 2.07. The molecule has 0 aromatic heterocycles. The van der Waals surface area contributed by atoms with Crippen LogP contribution in [0.25, 0.3) is 0 Å². The number of hydrogen-bond acceptors (Lipinski definition) is 3. The van der Waals surface area contributed by atoms with Crippen molar-refractivity contribution in [1.82, 2.24) is 5.32 Å². The lowest BCUT2D eigenvalue weighted by atomic mass is 10.4. The number of hydrogen-bond donors (Lipinski definition) is 3. The molecule has 4 N–H and O–H groups in total. The molecular formula is C5H10N2O3. The molecule has 10 heavy (non-hydrogen) atoms. The third-order valence-corrected chi connectivity index (χ3v) is 0.782.